The van der Waals surface area contributed by atoms with Gasteiger partial charge in [-0.15, -0.1) is 0 Å². The Bertz CT molecular complexity index is 715. The molecule has 25 heavy (non-hydrogen) atoms. The third kappa shape index (κ3) is 5.28. The van der Waals surface area contributed by atoms with Crippen molar-refractivity contribution in [2.75, 3.05) is 13.1 Å². The van der Waals surface area contributed by atoms with Gasteiger partial charge in [0.05, 0.1) is 5.02 Å². The molecule has 1 unspecified atom stereocenters. The molecule has 0 aliphatic heterocycles. The summed E-state index contributed by atoms with van der Waals surface area (Å²) < 4.78 is 11.4. The molecule has 0 aliphatic rings. The van der Waals surface area contributed by atoms with Crippen molar-refractivity contribution >= 4 is 29.1 Å². The molecular formula is C19H21Cl2NO3. The zero-order valence-corrected chi connectivity index (χ0v) is 16.0. The number of hydrogen-bond donors (Lipinski definition) is 0. The molecule has 0 spiro atoms. The third-order valence-corrected chi connectivity index (χ3v) is 4.21. The van der Waals surface area contributed by atoms with Crippen LogP contribution >= 0.6 is 23.2 Å². The lowest BCUT2D eigenvalue weighted by molar-refractivity contribution is -0.137. The first-order valence-corrected chi connectivity index (χ1v) is 8.88. The Morgan fingerprint density at radius 1 is 1.04 bits per heavy atom. The molecule has 134 valence electrons. The highest BCUT2D eigenvalue weighted by atomic mass is 35.5. The Morgan fingerprint density at radius 2 is 1.64 bits per heavy atom. The van der Waals surface area contributed by atoms with Crippen LogP contribution in [0.1, 0.15) is 20.8 Å². The first-order valence-electron chi connectivity index (χ1n) is 8.13. The molecule has 2 rings (SSSR count). The van der Waals surface area contributed by atoms with Gasteiger partial charge in [-0.1, -0.05) is 23.2 Å². The number of rotatable bonds is 7. The molecule has 2 aromatic rings. The lowest BCUT2D eigenvalue weighted by Gasteiger charge is -2.23. The van der Waals surface area contributed by atoms with Gasteiger partial charge in [0.2, 0.25) is 0 Å². The normalized spacial score (nSPS) is 11.7. The van der Waals surface area contributed by atoms with Crippen molar-refractivity contribution in [3.63, 3.8) is 0 Å². The number of benzene rings is 2. The second-order valence-corrected chi connectivity index (χ2v) is 6.26. The number of halogens is 2. The van der Waals surface area contributed by atoms with E-state index in [1.807, 2.05) is 13.8 Å². The van der Waals surface area contributed by atoms with Crippen molar-refractivity contribution in [1.82, 2.24) is 4.90 Å². The highest BCUT2D eigenvalue weighted by molar-refractivity contribution is 6.35. The summed E-state index contributed by atoms with van der Waals surface area (Å²) in [6.07, 6.45) is -0.544. The van der Waals surface area contributed by atoms with Crippen LogP contribution in [0, 0.1) is 0 Å². The second-order valence-electron chi connectivity index (χ2n) is 5.42. The van der Waals surface area contributed by atoms with Crippen LogP contribution in [0.3, 0.4) is 0 Å². The number of likely N-dealkylation sites (N-methyl/N-ethyl adjacent to an activating group) is 1. The van der Waals surface area contributed by atoms with E-state index in [2.05, 4.69) is 0 Å². The average Bonchev–Trinajstić information content (AvgIpc) is 2.60. The zero-order valence-electron chi connectivity index (χ0n) is 14.5. The maximum Gasteiger partial charge on any atom is 0.263 e. The summed E-state index contributed by atoms with van der Waals surface area (Å²) in [6, 6.07) is 12.1. The van der Waals surface area contributed by atoms with Gasteiger partial charge >= 0.3 is 0 Å². The summed E-state index contributed by atoms with van der Waals surface area (Å²) in [5.74, 6) is 1.70. The van der Waals surface area contributed by atoms with E-state index in [-0.39, 0.29) is 5.91 Å². The monoisotopic (exact) mass is 381 g/mol. The van der Waals surface area contributed by atoms with Gasteiger partial charge in [-0.3, -0.25) is 4.79 Å². The lowest BCUT2D eigenvalue weighted by Crippen LogP contribution is -2.40. The molecule has 0 aromatic heterocycles. The number of nitrogens with zero attached hydrogens (tertiary/aromatic N) is 1. The van der Waals surface area contributed by atoms with Gasteiger partial charge in [-0.25, -0.2) is 0 Å². The van der Waals surface area contributed by atoms with Crippen LogP contribution in [0.2, 0.25) is 10.0 Å². The molecule has 0 saturated carbocycles. The molecule has 0 radical (unpaired) electrons. The fraction of sp³-hybridized carbons (Fsp3) is 0.316. The fourth-order valence-corrected chi connectivity index (χ4v) is 2.77. The smallest absolute Gasteiger partial charge is 0.263 e. The van der Waals surface area contributed by atoms with Gasteiger partial charge < -0.3 is 14.4 Å². The summed E-state index contributed by atoms with van der Waals surface area (Å²) in [4.78, 5) is 14.0. The predicted molar refractivity (Wildman–Crippen MR) is 101 cm³/mol. The van der Waals surface area contributed by atoms with Gasteiger partial charge in [-0.2, -0.15) is 0 Å². The van der Waals surface area contributed by atoms with E-state index in [1.165, 1.54) is 0 Å². The van der Waals surface area contributed by atoms with Crippen molar-refractivity contribution in [1.29, 1.82) is 0 Å². The minimum atomic E-state index is -0.544. The SMILES string of the molecule is CCN(CC)C(=O)C(C)Oc1ccc(Oc2ccc(Cl)cc2Cl)cc1. The van der Waals surface area contributed by atoms with Crippen molar-refractivity contribution < 1.29 is 14.3 Å². The van der Waals surface area contributed by atoms with E-state index in [4.69, 9.17) is 32.7 Å². The molecule has 4 nitrogen and oxygen atoms in total. The highest BCUT2D eigenvalue weighted by Gasteiger charge is 2.19. The van der Waals surface area contributed by atoms with Crippen LogP contribution < -0.4 is 9.47 Å². The number of hydrogen-bond acceptors (Lipinski definition) is 3. The molecule has 0 N–H and O–H groups in total. The Balaban J connectivity index is 2.01. The van der Waals surface area contributed by atoms with Crippen molar-refractivity contribution in [2.45, 2.75) is 26.9 Å². The highest BCUT2D eigenvalue weighted by Crippen LogP contribution is 2.32. The van der Waals surface area contributed by atoms with Gasteiger partial charge in [-0.05, 0) is 63.2 Å². The van der Waals surface area contributed by atoms with Gasteiger partial charge in [0.1, 0.15) is 17.2 Å². The number of amides is 1. The van der Waals surface area contributed by atoms with Crippen LogP contribution in [0.25, 0.3) is 0 Å². The molecule has 0 saturated heterocycles. The quantitative estimate of drug-likeness (QED) is 0.642. The second kappa shape index (κ2) is 8.97. The van der Waals surface area contributed by atoms with Crippen LogP contribution in [-0.4, -0.2) is 30.0 Å². The Kier molecular flexibility index (Phi) is 6.97. The summed E-state index contributed by atoms with van der Waals surface area (Å²) in [6.45, 7) is 6.97. The summed E-state index contributed by atoms with van der Waals surface area (Å²) in [7, 11) is 0. The number of carbonyl (C=O) groups excluding carboxylic acids is 1. The summed E-state index contributed by atoms with van der Waals surface area (Å²) in [5.41, 5.74) is 0. The topological polar surface area (TPSA) is 38.8 Å². The van der Waals surface area contributed by atoms with E-state index in [9.17, 15) is 4.79 Å². The molecule has 2 aromatic carbocycles. The maximum absolute atomic E-state index is 12.2. The number of carbonyl (C=O) groups is 1. The van der Waals surface area contributed by atoms with Crippen LogP contribution in [-0.2, 0) is 4.79 Å². The summed E-state index contributed by atoms with van der Waals surface area (Å²) >= 11 is 12.0. The molecule has 1 amide bonds. The molecule has 6 heteroatoms. The fourth-order valence-electron chi connectivity index (χ4n) is 2.32. The molecule has 0 fully saturated rings. The van der Waals surface area contributed by atoms with Crippen molar-refractivity contribution in [3.8, 4) is 17.2 Å². The average molecular weight is 382 g/mol. The summed E-state index contributed by atoms with van der Waals surface area (Å²) in [5, 5.41) is 0.985. The molecule has 0 heterocycles. The van der Waals surface area contributed by atoms with E-state index in [0.29, 0.717) is 40.4 Å². The van der Waals surface area contributed by atoms with Crippen molar-refractivity contribution in [2.24, 2.45) is 0 Å². The predicted octanol–water partition coefficient (Wildman–Crippen LogP) is 5.42. The van der Waals surface area contributed by atoms with E-state index in [1.54, 1.807) is 54.3 Å². The molecule has 1 atom stereocenters. The lowest BCUT2D eigenvalue weighted by atomic mass is 10.3. The third-order valence-electron chi connectivity index (χ3n) is 3.68. The minimum Gasteiger partial charge on any atom is -0.481 e. The van der Waals surface area contributed by atoms with Gasteiger partial charge in [0.25, 0.3) is 5.91 Å². The first kappa shape index (κ1) is 19.4. The van der Waals surface area contributed by atoms with Crippen LogP contribution in [0.4, 0.5) is 0 Å². The molecule has 0 bridgehead atoms. The van der Waals surface area contributed by atoms with Gasteiger partial charge in [0.15, 0.2) is 6.10 Å². The van der Waals surface area contributed by atoms with E-state index < -0.39 is 6.10 Å². The Hall–Kier alpha value is -1.91. The number of ether oxygens (including phenoxy) is 2. The largest absolute Gasteiger partial charge is 0.481 e. The molecule has 0 aliphatic carbocycles. The van der Waals surface area contributed by atoms with Crippen LogP contribution in [0.15, 0.2) is 42.5 Å². The van der Waals surface area contributed by atoms with Crippen molar-refractivity contribution in [3.05, 3.63) is 52.5 Å². The zero-order chi connectivity index (χ0) is 18.4. The minimum absolute atomic E-state index is 0.0294. The van der Waals surface area contributed by atoms with E-state index >= 15 is 0 Å². The molecular weight excluding hydrogens is 361 g/mol. The Morgan fingerprint density at radius 3 is 2.20 bits per heavy atom. The first-order chi connectivity index (χ1) is 11.9. The maximum atomic E-state index is 12.2. The van der Waals surface area contributed by atoms with Crippen LogP contribution in [0.5, 0.6) is 17.2 Å². The van der Waals surface area contributed by atoms with E-state index in [0.717, 1.165) is 0 Å². The Labute approximate surface area is 158 Å². The van der Waals surface area contributed by atoms with Gasteiger partial charge in [0, 0.05) is 18.1 Å². The standard InChI is InChI=1S/C19H21Cl2NO3/c1-4-22(5-2)19(23)13(3)24-15-7-9-16(10-8-15)25-18-11-6-14(20)12-17(18)21/h6-13H,4-5H2,1-3H3.